The minimum absolute atomic E-state index is 0.160. The van der Waals surface area contributed by atoms with Crippen molar-refractivity contribution in [2.24, 2.45) is 0 Å². The van der Waals surface area contributed by atoms with E-state index < -0.39 is 5.82 Å². The second kappa shape index (κ2) is 8.82. The smallest absolute Gasteiger partial charge is 0.251 e. The molecule has 0 unspecified atom stereocenters. The van der Waals surface area contributed by atoms with Crippen molar-refractivity contribution in [1.29, 1.82) is 0 Å². The van der Waals surface area contributed by atoms with Crippen molar-refractivity contribution in [2.75, 3.05) is 24.6 Å². The Bertz CT molecular complexity index is 749. The Morgan fingerprint density at radius 1 is 1.16 bits per heavy atom. The second-order valence-electron chi connectivity index (χ2n) is 5.34. The lowest BCUT2D eigenvalue weighted by Gasteiger charge is -2.23. The van der Waals surface area contributed by atoms with Crippen LogP contribution in [-0.4, -0.2) is 31.5 Å². The molecule has 0 aromatic heterocycles. The van der Waals surface area contributed by atoms with Gasteiger partial charge < -0.3 is 15.0 Å². The van der Waals surface area contributed by atoms with Crippen LogP contribution in [0.5, 0.6) is 5.75 Å². The van der Waals surface area contributed by atoms with Crippen LogP contribution < -0.4 is 15.0 Å². The first-order valence-electron chi connectivity index (χ1n) is 8.06. The lowest BCUT2D eigenvalue weighted by molar-refractivity contribution is -0.116. The molecule has 132 valence electrons. The molecule has 2 rings (SSSR count). The van der Waals surface area contributed by atoms with Gasteiger partial charge in [0.1, 0.15) is 11.6 Å². The predicted molar refractivity (Wildman–Crippen MR) is 94.4 cm³/mol. The van der Waals surface area contributed by atoms with E-state index in [1.165, 1.54) is 36.1 Å². The number of carbonyl (C=O) groups is 2. The number of ether oxygens (including phenoxy) is 1. The molecule has 0 radical (unpaired) electrons. The van der Waals surface area contributed by atoms with Crippen molar-refractivity contribution in [3.63, 3.8) is 0 Å². The van der Waals surface area contributed by atoms with Gasteiger partial charge >= 0.3 is 0 Å². The lowest BCUT2D eigenvalue weighted by Crippen LogP contribution is -2.37. The minimum Gasteiger partial charge on any atom is -0.492 e. The molecular weight excluding hydrogens is 323 g/mol. The van der Waals surface area contributed by atoms with E-state index in [-0.39, 0.29) is 30.5 Å². The summed E-state index contributed by atoms with van der Waals surface area (Å²) in [5, 5.41) is 2.69. The molecule has 1 N–H and O–H groups in total. The molecule has 0 aliphatic carbocycles. The van der Waals surface area contributed by atoms with E-state index in [0.717, 1.165) is 0 Å². The van der Waals surface area contributed by atoms with Gasteiger partial charge in [0.05, 0.1) is 12.3 Å². The van der Waals surface area contributed by atoms with Gasteiger partial charge in [-0.15, -0.1) is 0 Å². The topological polar surface area (TPSA) is 58.6 Å². The van der Waals surface area contributed by atoms with Gasteiger partial charge in [0.15, 0.2) is 0 Å². The normalized spacial score (nSPS) is 10.2. The highest BCUT2D eigenvalue weighted by atomic mass is 19.1. The summed E-state index contributed by atoms with van der Waals surface area (Å²) in [4.78, 5) is 25.6. The van der Waals surface area contributed by atoms with Gasteiger partial charge in [0.25, 0.3) is 5.91 Å². The van der Waals surface area contributed by atoms with Gasteiger partial charge in [-0.3, -0.25) is 9.59 Å². The maximum absolute atomic E-state index is 13.2. The summed E-state index contributed by atoms with van der Waals surface area (Å²) in [5.74, 6) is -0.409. The monoisotopic (exact) mass is 344 g/mol. The van der Waals surface area contributed by atoms with Crippen LogP contribution in [-0.2, 0) is 4.79 Å². The first kappa shape index (κ1) is 18.4. The number of carbonyl (C=O) groups excluding carboxylic acids is 2. The van der Waals surface area contributed by atoms with Gasteiger partial charge in [0, 0.05) is 25.6 Å². The van der Waals surface area contributed by atoms with E-state index in [9.17, 15) is 14.0 Å². The third kappa shape index (κ3) is 5.04. The van der Waals surface area contributed by atoms with Crippen LogP contribution in [0.4, 0.5) is 10.1 Å². The summed E-state index contributed by atoms with van der Waals surface area (Å²) in [6, 6.07) is 12.7. The van der Waals surface area contributed by atoms with Crippen LogP contribution in [0.15, 0.2) is 48.5 Å². The van der Waals surface area contributed by atoms with Crippen molar-refractivity contribution in [3.05, 3.63) is 59.9 Å². The molecule has 0 aliphatic heterocycles. The molecule has 0 fully saturated rings. The average molecular weight is 344 g/mol. The molecule has 0 saturated carbocycles. The second-order valence-corrected chi connectivity index (χ2v) is 5.34. The maximum atomic E-state index is 13.2. The van der Waals surface area contributed by atoms with Gasteiger partial charge in [0.2, 0.25) is 5.91 Å². The third-order valence-electron chi connectivity index (χ3n) is 3.54. The Balaban J connectivity index is 2.03. The number of rotatable bonds is 7. The number of hydrogen-bond acceptors (Lipinski definition) is 3. The zero-order valence-corrected chi connectivity index (χ0v) is 14.3. The Kier molecular flexibility index (Phi) is 6.51. The molecule has 0 spiro atoms. The quantitative estimate of drug-likeness (QED) is 0.840. The Morgan fingerprint density at radius 2 is 1.92 bits per heavy atom. The van der Waals surface area contributed by atoms with Crippen LogP contribution in [0.3, 0.4) is 0 Å². The molecular formula is C19H21FN2O3. The molecule has 0 aliphatic rings. The number of anilines is 1. The van der Waals surface area contributed by atoms with Crippen molar-refractivity contribution < 1.29 is 18.7 Å². The zero-order chi connectivity index (χ0) is 18.2. The van der Waals surface area contributed by atoms with E-state index in [0.29, 0.717) is 18.0 Å². The number of benzene rings is 2. The van der Waals surface area contributed by atoms with Gasteiger partial charge in [-0.2, -0.15) is 0 Å². The molecule has 25 heavy (non-hydrogen) atoms. The number of amides is 2. The molecule has 2 aromatic rings. The lowest BCUT2D eigenvalue weighted by atomic mass is 10.2. The van der Waals surface area contributed by atoms with Crippen molar-refractivity contribution in [2.45, 2.75) is 13.8 Å². The first-order valence-corrected chi connectivity index (χ1v) is 8.06. The molecule has 2 aromatic carbocycles. The molecule has 5 nitrogen and oxygen atoms in total. The molecule has 6 heteroatoms. The van der Waals surface area contributed by atoms with E-state index in [4.69, 9.17) is 4.74 Å². The van der Waals surface area contributed by atoms with Crippen LogP contribution in [0.1, 0.15) is 24.2 Å². The van der Waals surface area contributed by atoms with Gasteiger partial charge in [-0.05, 0) is 37.3 Å². The SMILES string of the molecule is CCOc1ccccc1N(CCNC(=O)c1cccc(F)c1)C(C)=O. The highest BCUT2D eigenvalue weighted by molar-refractivity contribution is 5.95. The van der Waals surface area contributed by atoms with E-state index >= 15 is 0 Å². The third-order valence-corrected chi connectivity index (χ3v) is 3.54. The summed E-state index contributed by atoms with van der Waals surface area (Å²) in [5.41, 5.74) is 0.890. The van der Waals surface area contributed by atoms with E-state index in [2.05, 4.69) is 5.32 Å². The molecule has 0 bridgehead atoms. The summed E-state index contributed by atoms with van der Waals surface area (Å²) < 4.78 is 18.7. The molecule has 0 saturated heterocycles. The summed E-state index contributed by atoms with van der Waals surface area (Å²) >= 11 is 0. The van der Waals surface area contributed by atoms with Gasteiger partial charge in [-0.25, -0.2) is 4.39 Å². The van der Waals surface area contributed by atoms with E-state index in [1.54, 1.807) is 12.1 Å². The van der Waals surface area contributed by atoms with Crippen molar-refractivity contribution >= 4 is 17.5 Å². The van der Waals surface area contributed by atoms with Crippen LogP contribution in [0.25, 0.3) is 0 Å². The van der Waals surface area contributed by atoms with Gasteiger partial charge in [-0.1, -0.05) is 18.2 Å². The molecule has 2 amide bonds. The van der Waals surface area contributed by atoms with Crippen molar-refractivity contribution in [1.82, 2.24) is 5.32 Å². The fourth-order valence-corrected chi connectivity index (χ4v) is 2.42. The Morgan fingerprint density at radius 3 is 2.60 bits per heavy atom. The minimum atomic E-state index is -0.469. The number of hydrogen-bond donors (Lipinski definition) is 1. The summed E-state index contributed by atoms with van der Waals surface area (Å²) in [7, 11) is 0. The Labute approximate surface area is 146 Å². The molecule has 0 atom stereocenters. The molecule has 0 heterocycles. The number of nitrogens with zero attached hydrogens (tertiary/aromatic N) is 1. The average Bonchev–Trinajstić information content (AvgIpc) is 2.59. The number of para-hydroxylation sites is 2. The number of halogens is 1. The van der Waals surface area contributed by atoms with Crippen LogP contribution >= 0.6 is 0 Å². The van der Waals surface area contributed by atoms with Crippen LogP contribution in [0.2, 0.25) is 0 Å². The largest absolute Gasteiger partial charge is 0.492 e. The fourth-order valence-electron chi connectivity index (χ4n) is 2.42. The standard InChI is InChI=1S/C19H21FN2O3/c1-3-25-18-10-5-4-9-17(18)22(14(2)23)12-11-21-19(24)15-7-6-8-16(20)13-15/h4-10,13H,3,11-12H2,1-2H3,(H,21,24). The van der Waals surface area contributed by atoms with E-state index in [1.807, 2.05) is 19.1 Å². The first-order chi connectivity index (χ1) is 12.0. The fraction of sp³-hybridized carbons (Fsp3) is 0.263. The highest BCUT2D eigenvalue weighted by Crippen LogP contribution is 2.27. The summed E-state index contributed by atoms with van der Waals surface area (Å²) in [6.07, 6.45) is 0. The summed E-state index contributed by atoms with van der Waals surface area (Å²) in [6.45, 7) is 4.32. The maximum Gasteiger partial charge on any atom is 0.251 e. The van der Waals surface area contributed by atoms with Crippen molar-refractivity contribution in [3.8, 4) is 5.75 Å². The zero-order valence-electron chi connectivity index (χ0n) is 14.3. The van der Waals surface area contributed by atoms with Crippen LogP contribution in [0, 0.1) is 5.82 Å². The Hall–Kier alpha value is -2.89. The predicted octanol–water partition coefficient (Wildman–Crippen LogP) is 3.01. The number of nitrogens with one attached hydrogen (secondary N) is 1. The highest BCUT2D eigenvalue weighted by Gasteiger charge is 2.16.